The highest BCUT2D eigenvalue weighted by molar-refractivity contribution is 9.10. The maximum absolute atomic E-state index is 12.2. The summed E-state index contributed by atoms with van der Waals surface area (Å²) in [6.45, 7) is 3.21. The van der Waals surface area contributed by atoms with Gasteiger partial charge in [0.25, 0.3) is 0 Å². The average molecular weight is 336 g/mol. The molecule has 6 heteroatoms. The smallest absolute Gasteiger partial charge is 0.248 e. The van der Waals surface area contributed by atoms with Crippen molar-refractivity contribution >= 4 is 33.3 Å². The molecule has 1 aromatic heterocycles. The van der Waals surface area contributed by atoms with Crippen LogP contribution in [0.1, 0.15) is 30.2 Å². The third-order valence-corrected chi connectivity index (χ3v) is 3.41. The number of benzene rings is 1. The number of anilines is 1. The Morgan fingerprint density at radius 2 is 2.15 bits per heavy atom. The first-order valence-electron chi connectivity index (χ1n) is 6.09. The third kappa shape index (κ3) is 3.14. The van der Waals surface area contributed by atoms with Gasteiger partial charge in [-0.15, -0.1) is 0 Å². The van der Waals surface area contributed by atoms with E-state index in [-0.39, 0.29) is 11.7 Å². The third-order valence-electron chi connectivity index (χ3n) is 2.92. The van der Waals surface area contributed by atoms with E-state index in [0.29, 0.717) is 11.3 Å². The zero-order valence-corrected chi connectivity index (χ0v) is 12.7. The van der Waals surface area contributed by atoms with Crippen molar-refractivity contribution in [2.45, 2.75) is 19.9 Å². The van der Waals surface area contributed by atoms with E-state index in [9.17, 15) is 9.59 Å². The van der Waals surface area contributed by atoms with E-state index in [0.717, 1.165) is 4.47 Å². The molecule has 5 nitrogen and oxygen atoms in total. The molecular formula is C14H14BrN3O2. The van der Waals surface area contributed by atoms with E-state index in [2.05, 4.69) is 26.3 Å². The van der Waals surface area contributed by atoms with Gasteiger partial charge in [-0.1, -0.05) is 15.9 Å². The number of rotatable bonds is 4. The molecule has 0 aliphatic heterocycles. The maximum Gasteiger partial charge on any atom is 0.248 e. The van der Waals surface area contributed by atoms with Crippen molar-refractivity contribution in [2.75, 3.05) is 5.32 Å². The van der Waals surface area contributed by atoms with E-state index < -0.39 is 6.04 Å². The summed E-state index contributed by atoms with van der Waals surface area (Å²) >= 11 is 3.31. The molecule has 1 amide bonds. The van der Waals surface area contributed by atoms with Crippen LogP contribution < -0.4 is 5.32 Å². The minimum atomic E-state index is -0.451. The molecule has 2 aromatic rings. The molecular weight excluding hydrogens is 322 g/mol. The molecule has 0 aliphatic rings. The number of carbonyl (C=O) groups is 2. The number of amides is 1. The first-order valence-corrected chi connectivity index (χ1v) is 6.89. The topological polar surface area (TPSA) is 64.0 Å². The van der Waals surface area contributed by atoms with E-state index in [1.54, 1.807) is 48.3 Å². The summed E-state index contributed by atoms with van der Waals surface area (Å²) in [6, 6.07) is 6.48. The molecule has 0 fully saturated rings. The van der Waals surface area contributed by atoms with Crippen LogP contribution in [0.15, 0.2) is 41.1 Å². The van der Waals surface area contributed by atoms with Crippen molar-refractivity contribution in [3.05, 3.63) is 46.7 Å². The van der Waals surface area contributed by atoms with Crippen molar-refractivity contribution in [2.24, 2.45) is 0 Å². The molecule has 1 aromatic carbocycles. The van der Waals surface area contributed by atoms with Crippen molar-refractivity contribution in [3.63, 3.8) is 0 Å². The van der Waals surface area contributed by atoms with E-state index in [4.69, 9.17) is 0 Å². The number of Topliss-reactive ketones (excluding diaryl/α,β-unsaturated/α-hetero) is 1. The minimum Gasteiger partial charge on any atom is -0.324 e. The fraction of sp³-hybridized carbons (Fsp3) is 0.214. The highest BCUT2D eigenvalue weighted by Gasteiger charge is 2.17. The molecule has 1 atom stereocenters. The summed E-state index contributed by atoms with van der Waals surface area (Å²) in [7, 11) is 0. The summed E-state index contributed by atoms with van der Waals surface area (Å²) in [4.78, 5) is 23.8. The zero-order chi connectivity index (χ0) is 14.7. The maximum atomic E-state index is 12.2. The van der Waals surface area contributed by atoms with Crippen LogP contribution in [-0.4, -0.2) is 21.5 Å². The van der Waals surface area contributed by atoms with E-state index in [1.807, 2.05) is 0 Å². The van der Waals surface area contributed by atoms with Gasteiger partial charge in [-0.25, -0.2) is 0 Å². The van der Waals surface area contributed by atoms with Crippen LogP contribution in [0.4, 0.5) is 5.69 Å². The zero-order valence-electron chi connectivity index (χ0n) is 11.1. The van der Waals surface area contributed by atoms with Crippen molar-refractivity contribution in [3.8, 4) is 0 Å². The Balaban J connectivity index is 2.22. The van der Waals surface area contributed by atoms with Gasteiger partial charge < -0.3 is 5.32 Å². The quantitative estimate of drug-likeness (QED) is 0.873. The van der Waals surface area contributed by atoms with Crippen LogP contribution in [0, 0.1) is 0 Å². The summed E-state index contributed by atoms with van der Waals surface area (Å²) in [5.41, 5.74) is 0.977. The van der Waals surface area contributed by atoms with Gasteiger partial charge in [0.05, 0.1) is 5.69 Å². The van der Waals surface area contributed by atoms with Gasteiger partial charge in [0.2, 0.25) is 5.91 Å². The highest BCUT2D eigenvalue weighted by Crippen LogP contribution is 2.22. The second kappa shape index (κ2) is 6.00. The lowest BCUT2D eigenvalue weighted by atomic mass is 10.1. The summed E-state index contributed by atoms with van der Waals surface area (Å²) in [5, 5.41) is 6.80. The molecule has 0 aliphatic carbocycles. The van der Waals surface area contributed by atoms with Crippen LogP contribution in [0.5, 0.6) is 0 Å². The first kappa shape index (κ1) is 14.5. The Hall–Kier alpha value is -1.95. The molecule has 0 saturated carbocycles. The molecule has 2 rings (SSSR count). The number of ketones is 1. The number of nitrogens with zero attached hydrogens (tertiary/aromatic N) is 2. The van der Waals surface area contributed by atoms with E-state index in [1.165, 1.54) is 6.92 Å². The Bertz CT molecular complexity index is 638. The number of halogens is 1. The number of nitrogens with one attached hydrogen (secondary N) is 1. The van der Waals surface area contributed by atoms with Gasteiger partial charge in [-0.2, -0.15) is 5.10 Å². The number of carbonyl (C=O) groups excluding carboxylic acids is 2. The minimum absolute atomic E-state index is 0.103. The lowest BCUT2D eigenvalue weighted by molar-refractivity contribution is -0.119. The molecule has 0 bridgehead atoms. The molecule has 20 heavy (non-hydrogen) atoms. The normalized spacial score (nSPS) is 11.9. The second-order valence-corrected chi connectivity index (χ2v) is 5.31. The predicted molar refractivity (Wildman–Crippen MR) is 79.7 cm³/mol. The van der Waals surface area contributed by atoms with Crippen molar-refractivity contribution in [1.29, 1.82) is 0 Å². The van der Waals surface area contributed by atoms with Crippen LogP contribution in [0.3, 0.4) is 0 Å². The van der Waals surface area contributed by atoms with Gasteiger partial charge in [0.15, 0.2) is 5.78 Å². The molecule has 0 radical (unpaired) electrons. The van der Waals surface area contributed by atoms with Crippen LogP contribution in [-0.2, 0) is 4.79 Å². The summed E-state index contributed by atoms with van der Waals surface area (Å²) in [5.74, 6) is -0.327. The number of hydrogen-bond donors (Lipinski definition) is 1. The van der Waals surface area contributed by atoms with Gasteiger partial charge in [-0.05, 0) is 38.1 Å². The molecule has 0 spiro atoms. The predicted octanol–water partition coefficient (Wildman–Crippen LogP) is 3.05. The number of hydrogen-bond acceptors (Lipinski definition) is 3. The van der Waals surface area contributed by atoms with Crippen LogP contribution >= 0.6 is 15.9 Å². The fourth-order valence-corrected chi connectivity index (χ4v) is 2.14. The monoisotopic (exact) mass is 335 g/mol. The number of aromatic nitrogens is 2. The highest BCUT2D eigenvalue weighted by atomic mass is 79.9. The van der Waals surface area contributed by atoms with Crippen LogP contribution in [0.25, 0.3) is 0 Å². The lowest BCUT2D eigenvalue weighted by Crippen LogP contribution is -2.24. The fourth-order valence-electron chi connectivity index (χ4n) is 1.78. The van der Waals surface area contributed by atoms with Crippen molar-refractivity contribution < 1.29 is 9.59 Å². The molecule has 0 saturated heterocycles. The second-order valence-electron chi connectivity index (χ2n) is 4.40. The van der Waals surface area contributed by atoms with Gasteiger partial charge in [-0.3, -0.25) is 14.3 Å². The lowest BCUT2D eigenvalue weighted by Gasteiger charge is -2.14. The summed E-state index contributed by atoms with van der Waals surface area (Å²) < 4.78 is 2.35. The van der Waals surface area contributed by atoms with Crippen molar-refractivity contribution in [1.82, 2.24) is 9.78 Å². The van der Waals surface area contributed by atoms with Crippen LogP contribution in [0.2, 0.25) is 0 Å². The molecule has 1 N–H and O–H groups in total. The molecule has 104 valence electrons. The largest absolute Gasteiger partial charge is 0.324 e. The van der Waals surface area contributed by atoms with Gasteiger partial charge in [0.1, 0.15) is 6.04 Å². The SMILES string of the molecule is CC(=O)c1cc(Br)ccc1NC(=O)[C@H](C)n1cccn1. The van der Waals surface area contributed by atoms with E-state index >= 15 is 0 Å². The molecule has 1 heterocycles. The van der Waals surface area contributed by atoms with Gasteiger partial charge >= 0.3 is 0 Å². The Morgan fingerprint density at radius 3 is 2.75 bits per heavy atom. The average Bonchev–Trinajstić information content (AvgIpc) is 2.93. The Labute approximate surface area is 125 Å². The Morgan fingerprint density at radius 1 is 1.40 bits per heavy atom. The van der Waals surface area contributed by atoms with Gasteiger partial charge in [0, 0.05) is 22.4 Å². The standard InChI is InChI=1S/C14H14BrN3O2/c1-9(18-7-3-6-16-18)14(20)17-13-5-4-11(15)8-12(13)10(2)19/h3-9H,1-2H3,(H,17,20)/t9-/m0/s1. The Kier molecular flexibility index (Phi) is 4.34. The summed E-state index contributed by atoms with van der Waals surface area (Å²) in [6.07, 6.45) is 3.34. The first-order chi connectivity index (χ1) is 9.49. The molecule has 0 unspecified atom stereocenters.